The van der Waals surface area contributed by atoms with Gasteiger partial charge < -0.3 is 20.2 Å². The maximum atomic E-state index is 12.6. The van der Waals surface area contributed by atoms with E-state index in [1.165, 1.54) is 257 Å². The molecule has 0 radical (unpaired) electrons. The maximum absolute atomic E-state index is 12.6. The second-order valence-electron chi connectivity index (χ2n) is 19.6. The van der Waals surface area contributed by atoms with Crippen LogP contribution in [0.2, 0.25) is 0 Å². The molecule has 372 valence electrons. The fourth-order valence-corrected chi connectivity index (χ4v) is 9.47. The number of carbonyl (C=O) groups is 1. The van der Waals surface area contributed by atoms with Crippen molar-refractivity contribution in [3.05, 3.63) is 0 Å². The zero-order valence-electron chi connectivity index (χ0n) is 41.8. The summed E-state index contributed by atoms with van der Waals surface area (Å²) in [6.07, 6.45) is 61.7. The Labute approximate surface area is 387 Å². The number of nitrogens with one attached hydrogen (secondary N) is 1. The van der Waals surface area contributed by atoms with Crippen LogP contribution < -0.4 is 5.32 Å². The Hall–Kier alpha value is -0.460. The van der Waals surface area contributed by atoms with E-state index in [-0.39, 0.29) is 5.91 Å². The first kappa shape index (κ1) is 61.5. The molecule has 0 spiro atoms. The number of aliphatic hydroxyl groups is 1. The van der Waals surface area contributed by atoms with Gasteiger partial charge in [-0.1, -0.05) is 303 Å². The number of aliphatic hydroxyl groups excluding tert-OH is 1. The van der Waals surface area contributed by atoms with Gasteiger partial charge in [0.2, 0.25) is 5.91 Å². The largest absolute Gasteiger partial charge is 0.469 e. The maximum Gasteiger partial charge on any atom is 0.469 e. The van der Waals surface area contributed by atoms with Gasteiger partial charge in [-0.05, 0) is 12.8 Å². The molecule has 0 heterocycles. The summed E-state index contributed by atoms with van der Waals surface area (Å²) < 4.78 is 16.0. The van der Waals surface area contributed by atoms with Crippen LogP contribution in [0.15, 0.2) is 0 Å². The third-order valence-corrected chi connectivity index (χ3v) is 13.8. The fourth-order valence-electron chi connectivity index (χ4n) is 9.12. The van der Waals surface area contributed by atoms with Gasteiger partial charge in [0, 0.05) is 6.42 Å². The second-order valence-corrected chi connectivity index (χ2v) is 20.9. The highest BCUT2D eigenvalue weighted by Crippen LogP contribution is 2.36. The third kappa shape index (κ3) is 50.5. The fraction of sp³-hybridized carbons (Fsp3) is 0.981. The predicted molar refractivity (Wildman–Crippen MR) is 269 cm³/mol. The lowest BCUT2D eigenvalue weighted by Crippen LogP contribution is -2.46. The summed E-state index contributed by atoms with van der Waals surface area (Å²) >= 11 is 0. The minimum absolute atomic E-state index is 0.187. The second kappa shape index (κ2) is 50.0. The van der Waals surface area contributed by atoms with E-state index in [1.54, 1.807) is 0 Å². The van der Waals surface area contributed by atoms with Gasteiger partial charge in [0.15, 0.2) is 0 Å². The zero-order chi connectivity index (χ0) is 45.3. The van der Waals surface area contributed by atoms with Crippen molar-refractivity contribution < 1.29 is 28.8 Å². The van der Waals surface area contributed by atoms with Crippen molar-refractivity contribution in [2.75, 3.05) is 6.61 Å². The normalized spacial score (nSPS) is 12.9. The van der Waals surface area contributed by atoms with Crippen LogP contribution in [0.25, 0.3) is 0 Å². The summed E-state index contributed by atoms with van der Waals surface area (Å²) in [4.78, 5) is 31.0. The summed E-state index contributed by atoms with van der Waals surface area (Å²) in [5.41, 5.74) is 0. The van der Waals surface area contributed by atoms with E-state index in [4.69, 9.17) is 0 Å². The number of hydrogen-bond donors (Lipinski definition) is 4. The quantitative estimate of drug-likeness (QED) is 0.0357. The number of unbranched alkanes of at least 4 members (excludes halogenated alkanes) is 44. The van der Waals surface area contributed by atoms with Gasteiger partial charge in [0.1, 0.15) is 0 Å². The van der Waals surface area contributed by atoms with E-state index in [0.717, 1.165) is 38.5 Å². The number of phosphoric ester groups is 1. The van der Waals surface area contributed by atoms with Crippen molar-refractivity contribution in [3.63, 3.8) is 0 Å². The summed E-state index contributed by atoms with van der Waals surface area (Å²) in [5, 5.41) is 13.5. The summed E-state index contributed by atoms with van der Waals surface area (Å²) in [5.74, 6) is -0.187. The van der Waals surface area contributed by atoms with Gasteiger partial charge in [0.05, 0.1) is 18.8 Å². The van der Waals surface area contributed by atoms with Crippen molar-refractivity contribution in [3.8, 4) is 0 Å². The minimum Gasteiger partial charge on any atom is -0.391 e. The molecule has 0 aromatic carbocycles. The Morgan fingerprint density at radius 1 is 0.403 bits per heavy atom. The molecule has 1 amide bonds. The number of rotatable bonds is 53. The first-order valence-electron chi connectivity index (χ1n) is 28.0. The molecular weight excluding hydrogens is 790 g/mol. The highest BCUT2D eigenvalue weighted by molar-refractivity contribution is 7.46. The molecule has 0 saturated carbocycles. The molecule has 0 saturated heterocycles. The number of amides is 1. The smallest absolute Gasteiger partial charge is 0.391 e. The zero-order valence-corrected chi connectivity index (χ0v) is 42.7. The minimum atomic E-state index is -4.69. The van der Waals surface area contributed by atoms with Crippen LogP contribution in [0, 0.1) is 0 Å². The SMILES string of the molecule is CCCCCCCCCCCCCCCCCCCCCCCCCCCCCCCCCCCCCCC(=O)N[C@@H](COP(=O)(O)O)[C@H](O)CCCCCCCCCCCC. The van der Waals surface area contributed by atoms with Gasteiger partial charge in [-0.2, -0.15) is 0 Å². The molecule has 0 bridgehead atoms. The Morgan fingerprint density at radius 2 is 0.629 bits per heavy atom. The van der Waals surface area contributed by atoms with Crippen LogP contribution in [0.4, 0.5) is 0 Å². The van der Waals surface area contributed by atoms with Crippen molar-refractivity contribution in [1.29, 1.82) is 0 Å². The first-order chi connectivity index (χ1) is 30.3. The molecule has 0 fully saturated rings. The first-order valence-corrected chi connectivity index (χ1v) is 29.5. The van der Waals surface area contributed by atoms with E-state index in [1.807, 2.05) is 0 Å². The van der Waals surface area contributed by atoms with Gasteiger partial charge in [-0.25, -0.2) is 4.57 Å². The molecular formula is C54H110NO6P. The molecule has 62 heavy (non-hydrogen) atoms. The lowest BCUT2D eigenvalue weighted by molar-refractivity contribution is -0.123. The van der Waals surface area contributed by atoms with Crippen molar-refractivity contribution in [1.82, 2.24) is 5.32 Å². The average molecular weight is 900 g/mol. The number of phosphoric acid groups is 1. The van der Waals surface area contributed by atoms with Crippen LogP contribution in [-0.2, 0) is 13.9 Å². The highest BCUT2D eigenvalue weighted by Gasteiger charge is 2.25. The number of hydrogen-bond acceptors (Lipinski definition) is 4. The van der Waals surface area contributed by atoms with Crippen LogP contribution in [0.3, 0.4) is 0 Å². The van der Waals surface area contributed by atoms with Crippen molar-refractivity contribution in [2.45, 2.75) is 334 Å². The van der Waals surface area contributed by atoms with Crippen molar-refractivity contribution in [2.24, 2.45) is 0 Å². The molecule has 0 aliphatic carbocycles. The Kier molecular flexibility index (Phi) is 49.6. The van der Waals surface area contributed by atoms with Gasteiger partial charge in [0.25, 0.3) is 0 Å². The van der Waals surface area contributed by atoms with Crippen LogP contribution in [0.1, 0.15) is 322 Å². The molecule has 0 aliphatic rings. The molecule has 0 aromatic heterocycles. The molecule has 4 N–H and O–H groups in total. The monoisotopic (exact) mass is 900 g/mol. The lowest BCUT2D eigenvalue weighted by Gasteiger charge is -2.24. The molecule has 0 aromatic rings. The van der Waals surface area contributed by atoms with Gasteiger partial charge in [-0.3, -0.25) is 9.32 Å². The van der Waals surface area contributed by atoms with E-state index in [9.17, 15) is 24.3 Å². The average Bonchev–Trinajstić information content (AvgIpc) is 3.25. The van der Waals surface area contributed by atoms with Crippen molar-refractivity contribution >= 4 is 13.7 Å². The van der Waals surface area contributed by atoms with E-state index >= 15 is 0 Å². The molecule has 0 rings (SSSR count). The van der Waals surface area contributed by atoms with E-state index in [2.05, 4.69) is 23.7 Å². The molecule has 8 heteroatoms. The Bertz CT molecular complexity index is 931. The van der Waals surface area contributed by atoms with Crippen LogP contribution >= 0.6 is 7.82 Å². The van der Waals surface area contributed by atoms with Gasteiger partial charge in [-0.15, -0.1) is 0 Å². The summed E-state index contributed by atoms with van der Waals surface area (Å²) in [6, 6.07) is -0.818. The molecule has 7 nitrogen and oxygen atoms in total. The standard InChI is InChI=1S/C54H110NO6P/c1-3-5-7-9-11-13-15-16-17-18-19-20-21-22-23-24-25-26-27-28-29-30-31-32-33-34-35-36-37-38-39-40-42-44-46-48-50-54(57)55-52(51-61-62(58,59)60)53(56)49-47-45-43-41-14-12-10-8-6-4-2/h52-53,56H,3-51H2,1-2H3,(H,55,57)(H2,58,59,60)/t52-,53+/m0/s1. The Morgan fingerprint density at radius 3 is 0.871 bits per heavy atom. The van der Waals surface area contributed by atoms with E-state index in [0.29, 0.717) is 12.8 Å². The van der Waals surface area contributed by atoms with Crippen LogP contribution in [0.5, 0.6) is 0 Å². The number of carbonyl (C=O) groups excluding carboxylic acids is 1. The van der Waals surface area contributed by atoms with Gasteiger partial charge >= 0.3 is 7.82 Å². The van der Waals surface area contributed by atoms with E-state index < -0.39 is 26.6 Å². The lowest BCUT2D eigenvalue weighted by atomic mass is 10.0. The predicted octanol–water partition coefficient (Wildman–Crippen LogP) is 17.7. The molecule has 2 atom stereocenters. The highest BCUT2D eigenvalue weighted by atomic mass is 31.2. The van der Waals surface area contributed by atoms with Crippen LogP contribution in [-0.4, -0.2) is 39.6 Å². The molecule has 0 unspecified atom stereocenters. The summed E-state index contributed by atoms with van der Waals surface area (Å²) in [6.45, 7) is 4.14. The Balaban J connectivity index is 3.52. The topological polar surface area (TPSA) is 116 Å². The molecule has 0 aliphatic heterocycles. The third-order valence-electron chi connectivity index (χ3n) is 13.3. The summed E-state index contributed by atoms with van der Waals surface area (Å²) in [7, 11) is -4.69.